The van der Waals surface area contributed by atoms with E-state index in [0.29, 0.717) is 16.7 Å². The third-order valence-corrected chi connectivity index (χ3v) is 4.58. The second kappa shape index (κ2) is 7.15. The maximum atomic E-state index is 14.5. The number of nitro benzene ring substituents is 1. The van der Waals surface area contributed by atoms with Crippen molar-refractivity contribution in [2.45, 2.75) is 6.04 Å². The topological polar surface area (TPSA) is 119 Å². The van der Waals surface area contributed by atoms with Crippen molar-refractivity contribution in [3.05, 3.63) is 87.9 Å². The Morgan fingerprint density at radius 2 is 2.10 bits per heavy atom. The summed E-state index contributed by atoms with van der Waals surface area (Å²) in [5.41, 5.74) is 0.517. The average molecular weight is 394 g/mol. The van der Waals surface area contributed by atoms with Gasteiger partial charge in [-0.2, -0.15) is 5.10 Å². The van der Waals surface area contributed by atoms with Crippen molar-refractivity contribution in [2.75, 3.05) is 0 Å². The molecule has 4 rings (SSSR count). The van der Waals surface area contributed by atoms with E-state index in [1.807, 2.05) is 0 Å². The predicted octanol–water partition coefficient (Wildman–Crippen LogP) is 2.86. The summed E-state index contributed by atoms with van der Waals surface area (Å²) in [6.07, 6.45) is 3.23. The van der Waals surface area contributed by atoms with E-state index in [-0.39, 0.29) is 16.9 Å². The normalized spacial score (nSPS) is 12.1. The number of hydrogen-bond acceptors (Lipinski definition) is 5. The van der Waals surface area contributed by atoms with Crippen LogP contribution in [0.5, 0.6) is 0 Å². The molecule has 4 aromatic rings. The van der Waals surface area contributed by atoms with Gasteiger partial charge < -0.3 is 9.88 Å². The lowest BCUT2D eigenvalue weighted by molar-refractivity contribution is -0.384. The van der Waals surface area contributed by atoms with Crippen LogP contribution in [0.1, 0.15) is 27.9 Å². The molecule has 2 aromatic carbocycles. The molecule has 0 aliphatic heterocycles. The quantitative estimate of drug-likeness (QED) is 0.398. The minimum Gasteiger partial charge on any atom is -0.336 e. The number of amides is 1. The molecule has 0 radical (unpaired) electrons. The zero-order chi connectivity index (χ0) is 20.5. The molecule has 10 heteroatoms. The van der Waals surface area contributed by atoms with E-state index in [4.69, 9.17) is 0 Å². The first-order valence-electron chi connectivity index (χ1n) is 8.60. The van der Waals surface area contributed by atoms with Crippen LogP contribution in [0.3, 0.4) is 0 Å². The number of hydrogen-bond donors (Lipinski definition) is 2. The molecule has 1 atom stereocenters. The van der Waals surface area contributed by atoms with E-state index in [0.717, 1.165) is 0 Å². The number of benzene rings is 2. The van der Waals surface area contributed by atoms with Gasteiger partial charge in [0.2, 0.25) is 0 Å². The van der Waals surface area contributed by atoms with Crippen molar-refractivity contribution in [2.24, 2.45) is 7.05 Å². The summed E-state index contributed by atoms with van der Waals surface area (Å²) in [5, 5.41) is 20.8. The molecule has 2 aromatic heterocycles. The Kier molecular flexibility index (Phi) is 4.51. The summed E-state index contributed by atoms with van der Waals surface area (Å²) in [6, 6.07) is 9.25. The highest BCUT2D eigenvalue weighted by Gasteiger charge is 2.26. The molecule has 0 bridgehead atoms. The number of aromatic amines is 1. The lowest BCUT2D eigenvalue weighted by Gasteiger charge is -2.19. The van der Waals surface area contributed by atoms with E-state index in [9.17, 15) is 19.3 Å². The fraction of sp³-hybridized carbons (Fsp3) is 0.105. The number of aryl methyl sites for hydroxylation is 1. The van der Waals surface area contributed by atoms with Gasteiger partial charge in [0.15, 0.2) is 5.69 Å². The number of nitrogens with zero attached hydrogens (tertiary/aromatic N) is 4. The van der Waals surface area contributed by atoms with Gasteiger partial charge >= 0.3 is 0 Å². The molecule has 0 spiro atoms. The number of nitro groups is 1. The van der Waals surface area contributed by atoms with Crippen LogP contribution < -0.4 is 5.32 Å². The molecule has 2 heterocycles. The van der Waals surface area contributed by atoms with Crippen LogP contribution in [0, 0.1) is 15.9 Å². The van der Waals surface area contributed by atoms with E-state index in [2.05, 4.69) is 20.5 Å². The number of fused-ring (bicyclic) bond motifs is 1. The molecule has 0 fully saturated rings. The van der Waals surface area contributed by atoms with Gasteiger partial charge in [-0.15, -0.1) is 0 Å². The van der Waals surface area contributed by atoms with Gasteiger partial charge in [-0.25, -0.2) is 9.37 Å². The SMILES string of the molecule is Cn1ccnc1[C@@H](NC(=O)c1n[nH]c2ccc([N+](=O)[O-])cc12)c1ccccc1F. The molecule has 0 unspecified atom stereocenters. The molecule has 2 N–H and O–H groups in total. The summed E-state index contributed by atoms with van der Waals surface area (Å²) < 4.78 is 16.1. The van der Waals surface area contributed by atoms with E-state index in [1.165, 1.54) is 24.3 Å². The molecule has 29 heavy (non-hydrogen) atoms. The largest absolute Gasteiger partial charge is 0.336 e. The molecule has 0 aliphatic carbocycles. The van der Waals surface area contributed by atoms with E-state index < -0.39 is 22.7 Å². The second-order valence-corrected chi connectivity index (χ2v) is 6.38. The summed E-state index contributed by atoms with van der Waals surface area (Å²) in [6.45, 7) is 0. The van der Waals surface area contributed by atoms with Crippen molar-refractivity contribution >= 4 is 22.5 Å². The van der Waals surface area contributed by atoms with Gasteiger partial charge in [0, 0.05) is 42.5 Å². The number of carbonyl (C=O) groups is 1. The molecule has 0 saturated heterocycles. The Balaban J connectivity index is 1.75. The lowest BCUT2D eigenvalue weighted by atomic mass is 10.0. The number of aromatic nitrogens is 4. The van der Waals surface area contributed by atoms with E-state index >= 15 is 0 Å². The number of halogens is 1. The highest BCUT2D eigenvalue weighted by molar-refractivity contribution is 6.05. The minimum atomic E-state index is -0.880. The van der Waals surface area contributed by atoms with Crippen LogP contribution in [0.15, 0.2) is 54.9 Å². The van der Waals surface area contributed by atoms with Crippen LogP contribution in [0.2, 0.25) is 0 Å². The summed E-state index contributed by atoms with van der Waals surface area (Å²) in [4.78, 5) is 27.7. The van der Waals surface area contributed by atoms with Crippen LogP contribution in [0.4, 0.5) is 10.1 Å². The number of carbonyl (C=O) groups excluding carboxylic acids is 1. The van der Waals surface area contributed by atoms with Gasteiger partial charge in [0.1, 0.15) is 17.7 Å². The van der Waals surface area contributed by atoms with Crippen LogP contribution in [-0.4, -0.2) is 30.6 Å². The standard InChI is InChI=1S/C19H15FN6O3/c1-25-9-8-21-18(25)16(12-4-2-3-5-14(12)20)22-19(27)17-13-10-11(26(28)29)6-7-15(13)23-24-17/h2-10,16H,1H3,(H,22,27)(H,23,24)/t16-/m0/s1. The maximum Gasteiger partial charge on any atom is 0.273 e. The zero-order valence-corrected chi connectivity index (χ0v) is 15.2. The van der Waals surface area contributed by atoms with Crippen LogP contribution >= 0.6 is 0 Å². The number of imidazole rings is 1. The second-order valence-electron chi connectivity index (χ2n) is 6.38. The Labute approximate surface area is 163 Å². The highest BCUT2D eigenvalue weighted by Crippen LogP contribution is 2.26. The summed E-state index contributed by atoms with van der Waals surface area (Å²) in [5.74, 6) is -0.689. The monoisotopic (exact) mass is 394 g/mol. The number of H-pyrrole nitrogens is 1. The molecular formula is C19H15FN6O3. The van der Waals surface area contributed by atoms with Crippen LogP contribution in [-0.2, 0) is 7.05 Å². The molecule has 0 aliphatic rings. The molecule has 9 nitrogen and oxygen atoms in total. The van der Waals surface area contributed by atoms with Crippen molar-refractivity contribution in [1.82, 2.24) is 25.1 Å². The maximum absolute atomic E-state index is 14.5. The third-order valence-electron chi connectivity index (χ3n) is 4.58. The fourth-order valence-corrected chi connectivity index (χ4v) is 3.13. The molecular weight excluding hydrogens is 379 g/mol. The Morgan fingerprint density at radius 1 is 1.31 bits per heavy atom. The van der Waals surface area contributed by atoms with Crippen molar-refractivity contribution in [3.8, 4) is 0 Å². The zero-order valence-electron chi connectivity index (χ0n) is 15.2. The van der Waals surface area contributed by atoms with Crippen molar-refractivity contribution in [3.63, 3.8) is 0 Å². The smallest absolute Gasteiger partial charge is 0.273 e. The Morgan fingerprint density at radius 3 is 2.79 bits per heavy atom. The Hall–Kier alpha value is -4.08. The minimum absolute atomic E-state index is 0.0285. The van der Waals surface area contributed by atoms with Gasteiger partial charge in [-0.05, 0) is 12.1 Å². The number of non-ortho nitro benzene ring substituents is 1. The molecule has 1 amide bonds. The highest BCUT2D eigenvalue weighted by atomic mass is 19.1. The van der Waals surface area contributed by atoms with Gasteiger partial charge in [0.25, 0.3) is 11.6 Å². The number of nitrogens with one attached hydrogen (secondary N) is 2. The Bertz CT molecular complexity index is 1230. The lowest BCUT2D eigenvalue weighted by Crippen LogP contribution is -2.32. The van der Waals surface area contributed by atoms with Crippen LogP contribution in [0.25, 0.3) is 10.9 Å². The van der Waals surface area contributed by atoms with Gasteiger partial charge in [-0.1, -0.05) is 18.2 Å². The fourth-order valence-electron chi connectivity index (χ4n) is 3.13. The first-order chi connectivity index (χ1) is 14.0. The van der Waals surface area contributed by atoms with Crippen molar-refractivity contribution in [1.29, 1.82) is 0 Å². The van der Waals surface area contributed by atoms with Gasteiger partial charge in [0.05, 0.1) is 10.4 Å². The molecule has 146 valence electrons. The predicted molar refractivity (Wildman–Crippen MR) is 102 cm³/mol. The first-order valence-corrected chi connectivity index (χ1v) is 8.60. The van der Waals surface area contributed by atoms with Crippen molar-refractivity contribution < 1.29 is 14.1 Å². The average Bonchev–Trinajstić information content (AvgIpc) is 3.32. The summed E-state index contributed by atoms with van der Waals surface area (Å²) >= 11 is 0. The molecule has 0 saturated carbocycles. The number of rotatable bonds is 5. The van der Waals surface area contributed by atoms with Gasteiger partial charge in [-0.3, -0.25) is 20.0 Å². The first kappa shape index (κ1) is 18.3. The van der Waals surface area contributed by atoms with E-state index in [1.54, 1.807) is 42.2 Å². The third kappa shape index (κ3) is 3.31. The summed E-state index contributed by atoms with van der Waals surface area (Å²) in [7, 11) is 1.73.